The molecule has 3 atom stereocenters. The molecule has 0 bridgehead atoms. The third-order valence-corrected chi connectivity index (χ3v) is 5.60. The second-order valence-electron chi connectivity index (χ2n) is 7.29. The van der Waals surface area contributed by atoms with Gasteiger partial charge in [0.05, 0.1) is 18.7 Å². The predicted molar refractivity (Wildman–Crippen MR) is 110 cm³/mol. The van der Waals surface area contributed by atoms with Crippen molar-refractivity contribution in [1.82, 2.24) is 10.2 Å². The summed E-state index contributed by atoms with van der Waals surface area (Å²) in [6, 6.07) is 13.7. The second-order valence-corrected chi connectivity index (χ2v) is 7.29. The lowest BCUT2D eigenvalue weighted by molar-refractivity contribution is -0.150. The van der Waals surface area contributed by atoms with Crippen LogP contribution >= 0.6 is 0 Å². The SMILES string of the molecule is CCC(=O)NC[C@H]1[C@@H](c2ccc(-c3cccc(F)c3)cc2)[C@@H](CO)N1C(=O)CC. The van der Waals surface area contributed by atoms with Gasteiger partial charge in [-0.2, -0.15) is 0 Å². The Morgan fingerprint density at radius 3 is 2.34 bits per heavy atom. The number of amides is 2. The molecular formula is C23H27FN2O3. The molecule has 3 rings (SSSR count). The fourth-order valence-corrected chi connectivity index (χ4v) is 4.08. The van der Waals surface area contributed by atoms with Gasteiger partial charge in [-0.3, -0.25) is 9.59 Å². The molecule has 6 heteroatoms. The molecule has 1 fully saturated rings. The van der Waals surface area contributed by atoms with Crippen molar-refractivity contribution < 1.29 is 19.1 Å². The Labute approximate surface area is 170 Å². The van der Waals surface area contributed by atoms with E-state index < -0.39 is 0 Å². The van der Waals surface area contributed by atoms with Crippen molar-refractivity contribution in [3.63, 3.8) is 0 Å². The zero-order valence-electron chi connectivity index (χ0n) is 16.8. The first-order valence-corrected chi connectivity index (χ1v) is 10.0. The van der Waals surface area contributed by atoms with Gasteiger partial charge >= 0.3 is 0 Å². The minimum absolute atomic E-state index is 0.0348. The highest BCUT2D eigenvalue weighted by molar-refractivity contribution is 5.79. The van der Waals surface area contributed by atoms with Gasteiger partial charge in [0, 0.05) is 25.3 Å². The van der Waals surface area contributed by atoms with Crippen molar-refractivity contribution in [2.45, 2.75) is 44.7 Å². The fraction of sp³-hybridized carbons (Fsp3) is 0.391. The highest BCUT2D eigenvalue weighted by Crippen LogP contribution is 2.41. The van der Waals surface area contributed by atoms with Crippen molar-refractivity contribution in [2.24, 2.45) is 0 Å². The average molecular weight is 398 g/mol. The van der Waals surface area contributed by atoms with Gasteiger partial charge in [0.2, 0.25) is 11.8 Å². The Morgan fingerprint density at radius 1 is 1.03 bits per heavy atom. The standard InChI is InChI=1S/C23H27FN2O3/c1-3-21(28)25-13-19-23(20(14-27)26(19)22(29)4-2)16-10-8-15(9-11-16)17-6-5-7-18(24)12-17/h5-12,19-20,23,27H,3-4,13-14H2,1-2H3,(H,25,28)/t19-,20+,23+/m0/s1. The molecule has 2 N–H and O–H groups in total. The lowest BCUT2D eigenvalue weighted by Gasteiger charge is -2.55. The van der Waals surface area contributed by atoms with Crippen molar-refractivity contribution in [2.75, 3.05) is 13.2 Å². The normalized spacial score (nSPS) is 20.8. The summed E-state index contributed by atoms with van der Waals surface area (Å²) in [4.78, 5) is 25.8. The van der Waals surface area contributed by atoms with E-state index in [-0.39, 0.29) is 42.2 Å². The van der Waals surface area contributed by atoms with Gasteiger partial charge in [0.1, 0.15) is 5.82 Å². The zero-order chi connectivity index (χ0) is 21.0. The molecular weight excluding hydrogens is 371 g/mol. The topological polar surface area (TPSA) is 69.6 Å². The fourth-order valence-electron chi connectivity index (χ4n) is 4.08. The molecule has 0 saturated carbocycles. The third kappa shape index (κ3) is 4.32. The van der Waals surface area contributed by atoms with Crippen LogP contribution in [-0.4, -0.2) is 47.1 Å². The van der Waals surface area contributed by atoms with Gasteiger partial charge in [-0.1, -0.05) is 50.2 Å². The number of benzene rings is 2. The first-order valence-electron chi connectivity index (χ1n) is 10.0. The largest absolute Gasteiger partial charge is 0.394 e. The summed E-state index contributed by atoms with van der Waals surface area (Å²) in [7, 11) is 0. The summed E-state index contributed by atoms with van der Waals surface area (Å²) in [5, 5.41) is 12.8. The molecule has 1 aliphatic rings. The van der Waals surface area contributed by atoms with E-state index in [1.807, 2.05) is 30.3 Å². The Bertz CT molecular complexity index is 869. The molecule has 0 radical (unpaired) electrons. The van der Waals surface area contributed by atoms with Crippen LogP contribution in [0, 0.1) is 5.82 Å². The number of nitrogens with one attached hydrogen (secondary N) is 1. The molecule has 2 aromatic carbocycles. The Hall–Kier alpha value is -2.73. The molecule has 29 heavy (non-hydrogen) atoms. The summed E-state index contributed by atoms with van der Waals surface area (Å²) in [6.45, 7) is 3.79. The maximum absolute atomic E-state index is 13.5. The van der Waals surface area contributed by atoms with E-state index in [0.29, 0.717) is 19.4 Å². The molecule has 0 aliphatic carbocycles. The lowest BCUT2D eigenvalue weighted by Crippen LogP contribution is -2.68. The van der Waals surface area contributed by atoms with Crippen molar-refractivity contribution in [3.05, 3.63) is 59.9 Å². The number of carbonyl (C=O) groups excluding carboxylic acids is 2. The number of likely N-dealkylation sites (tertiary alicyclic amines) is 1. The van der Waals surface area contributed by atoms with Gasteiger partial charge in [0.25, 0.3) is 0 Å². The Balaban J connectivity index is 1.85. The number of aliphatic hydroxyl groups is 1. The Morgan fingerprint density at radius 2 is 1.76 bits per heavy atom. The molecule has 1 heterocycles. The van der Waals surface area contributed by atoms with Gasteiger partial charge < -0.3 is 15.3 Å². The molecule has 5 nitrogen and oxygen atoms in total. The number of hydrogen-bond donors (Lipinski definition) is 2. The highest BCUT2D eigenvalue weighted by atomic mass is 19.1. The Kier molecular flexibility index (Phi) is 6.64. The first kappa shape index (κ1) is 21.0. The average Bonchev–Trinajstić information content (AvgIpc) is 2.73. The van der Waals surface area contributed by atoms with Crippen LogP contribution in [0.3, 0.4) is 0 Å². The third-order valence-electron chi connectivity index (χ3n) is 5.60. The summed E-state index contributed by atoms with van der Waals surface area (Å²) in [6.07, 6.45) is 0.727. The maximum Gasteiger partial charge on any atom is 0.222 e. The molecule has 2 amide bonds. The molecule has 1 aliphatic heterocycles. The van der Waals surface area contributed by atoms with Gasteiger partial charge in [-0.15, -0.1) is 0 Å². The van der Waals surface area contributed by atoms with E-state index in [9.17, 15) is 19.1 Å². The van der Waals surface area contributed by atoms with Gasteiger partial charge in [-0.05, 0) is 28.8 Å². The summed E-state index contributed by atoms with van der Waals surface area (Å²) in [5.74, 6) is -0.463. The molecule has 2 aromatic rings. The van der Waals surface area contributed by atoms with Crippen molar-refractivity contribution in [1.29, 1.82) is 0 Å². The maximum atomic E-state index is 13.5. The number of carbonyl (C=O) groups is 2. The van der Waals surface area contributed by atoms with Crippen molar-refractivity contribution >= 4 is 11.8 Å². The van der Waals surface area contributed by atoms with Crippen LogP contribution in [0.4, 0.5) is 4.39 Å². The van der Waals surface area contributed by atoms with Crippen LogP contribution in [0.5, 0.6) is 0 Å². The summed E-state index contributed by atoms with van der Waals surface area (Å²) < 4.78 is 13.5. The quantitative estimate of drug-likeness (QED) is 0.753. The van der Waals surface area contributed by atoms with E-state index in [4.69, 9.17) is 0 Å². The molecule has 0 aromatic heterocycles. The number of nitrogens with zero attached hydrogens (tertiary/aromatic N) is 1. The zero-order valence-corrected chi connectivity index (χ0v) is 16.8. The smallest absolute Gasteiger partial charge is 0.222 e. The highest BCUT2D eigenvalue weighted by Gasteiger charge is 2.50. The van der Waals surface area contributed by atoms with Crippen LogP contribution in [0.1, 0.15) is 38.2 Å². The van der Waals surface area contributed by atoms with E-state index in [0.717, 1.165) is 16.7 Å². The van der Waals surface area contributed by atoms with Crippen LogP contribution < -0.4 is 5.32 Å². The molecule has 0 spiro atoms. The van der Waals surface area contributed by atoms with E-state index in [1.54, 1.807) is 24.8 Å². The van der Waals surface area contributed by atoms with Gasteiger partial charge in [-0.25, -0.2) is 4.39 Å². The van der Waals surface area contributed by atoms with Crippen LogP contribution in [0.15, 0.2) is 48.5 Å². The second kappa shape index (κ2) is 9.18. The van der Waals surface area contributed by atoms with E-state index in [1.165, 1.54) is 12.1 Å². The number of hydrogen-bond acceptors (Lipinski definition) is 3. The lowest BCUT2D eigenvalue weighted by atomic mass is 9.74. The minimum Gasteiger partial charge on any atom is -0.394 e. The number of rotatable bonds is 7. The molecule has 1 saturated heterocycles. The summed E-state index contributed by atoms with van der Waals surface area (Å²) >= 11 is 0. The van der Waals surface area contributed by atoms with E-state index >= 15 is 0 Å². The molecule has 154 valence electrons. The first-order chi connectivity index (χ1) is 14.0. The van der Waals surface area contributed by atoms with Crippen molar-refractivity contribution in [3.8, 4) is 11.1 Å². The van der Waals surface area contributed by atoms with Gasteiger partial charge in [0.15, 0.2) is 0 Å². The van der Waals surface area contributed by atoms with Crippen LogP contribution in [0.25, 0.3) is 11.1 Å². The molecule has 0 unspecified atom stereocenters. The number of halogens is 1. The summed E-state index contributed by atoms with van der Waals surface area (Å²) in [5.41, 5.74) is 2.67. The van der Waals surface area contributed by atoms with E-state index in [2.05, 4.69) is 5.32 Å². The number of aliphatic hydroxyl groups excluding tert-OH is 1. The monoisotopic (exact) mass is 398 g/mol. The minimum atomic E-state index is -0.314. The predicted octanol–water partition coefficient (Wildman–Crippen LogP) is 3.08. The van der Waals surface area contributed by atoms with Crippen LogP contribution in [-0.2, 0) is 9.59 Å². The van der Waals surface area contributed by atoms with Crippen LogP contribution in [0.2, 0.25) is 0 Å².